The average Bonchev–Trinajstić information content (AvgIpc) is 3.11. The molecule has 1 aliphatic carbocycles. The van der Waals surface area contributed by atoms with Crippen LogP contribution in [0.15, 0.2) is 12.1 Å². The van der Waals surface area contributed by atoms with Crippen molar-refractivity contribution in [1.82, 2.24) is 10.6 Å². The summed E-state index contributed by atoms with van der Waals surface area (Å²) in [6, 6.07) is 5.13. The Morgan fingerprint density at radius 2 is 2.04 bits per heavy atom. The Bertz CT molecular complexity index is 596. The fourth-order valence-electron chi connectivity index (χ4n) is 4.29. The van der Waals surface area contributed by atoms with Crippen LogP contribution in [0, 0.1) is 5.92 Å². The van der Waals surface area contributed by atoms with Gasteiger partial charge in [0.05, 0.1) is 18.2 Å². The third kappa shape index (κ3) is 4.57. The van der Waals surface area contributed by atoms with Crippen molar-refractivity contribution >= 4 is 24.0 Å². The number of benzene rings is 1. The average molecular weight is 403 g/mol. The summed E-state index contributed by atoms with van der Waals surface area (Å²) in [5, 5.41) is 8.04. The van der Waals surface area contributed by atoms with Crippen molar-refractivity contribution in [3.8, 4) is 11.5 Å². The number of ether oxygens (including phenoxy) is 3. The Labute approximate surface area is 166 Å². The fourth-order valence-corrected chi connectivity index (χ4v) is 4.58. The van der Waals surface area contributed by atoms with Crippen molar-refractivity contribution in [3.05, 3.63) is 22.7 Å². The van der Waals surface area contributed by atoms with Gasteiger partial charge in [0, 0.05) is 18.6 Å². The minimum Gasteiger partial charge on any atom is -0.486 e. The zero-order valence-corrected chi connectivity index (χ0v) is 16.5. The molecule has 0 amide bonds. The fraction of sp³-hybridized carbons (Fsp3) is 0.684. The first-order chi connectivity index (χ1) is 12.3. The molecule has 3 unspecified atom stereocenters. The summed E-state index contributed by atoms with van der Waals surface area (Å²) in [5.74, 6) is 2.13. The van der Waals surface area contributed by atoms with Crippen molar-refractivity contribution in [2.45, 2.75) is 37.8 Å². The Hall–Kier alpha value is -0.720. The molecule has 1 aromatic carbocycles. The van der Waals surface area contributed by atoms with E-state index in [1.165, 1.54) is 24.8 Å². The lowest BCUT2D eigenvalue weighted by atomic mass is 9.94. The van der Waals surface area contributed by atoms with Gasteiger partial charge in [0.15, 0.2) is 11.5 Å². The molecule has 146 valence electrons. The van der Waals surface area contributed by atoms with Crippen LogP contribution in [0.2, 0.25) is 5.02 Å². The minimum absolute atomic E-state index is 0. The molecule has 3 atom stereocenters. The zero-order valence-electron chi connectivity index (χ0n) is 15.0. The molecule has 0 aromatic heterocycles. The quantitative estimate of drug-likeness (QED) is 0.792. The minimum atomic E-state index is 0. The highest BCUT2D eigenvalue weighted by Gasteiger charge is 2.34. The van der Waals surface area contributed by atoms with Crippen LogP contribution in [0.3, 0.4) is 0 Å². The number of nitrogens with one attached hydrogen (secondary N) is 2. The van der Waals surface area contributed by atoms with E-state index < -0.39 is 0 Å². The van der Waals surface area contributed by atoms with Crippen molar-refractivity contribution < 1.29 is 14.2 Å². The van der Waals surface area contributed by atoms with Gasteiger partial charge >= 0.3 is 0 Å². The van der Waals surface area contributed by atoms with Crippen LogP contribution < -0.4 is 20.1 Å². The first-order valence-corrected chi connectivity index (χ1v) is 9.81. The normalized spacial score (nSPS) is 27.8. The third-order valence-electron chi connectivity index (χ3n) is 5.51. The third-order valence-corrected chi connectivity index (χ3v) is 5.79. The maximum absolute atomic E-state index is 6.33. The molecule has 5 nitrogen and oxygen atoms in total. The van der Waals surface area contributed by atoms with E-state index in [0.29, 0.717) is 42.0 Å². The van der Waals surface area contributed by atoms with Gasteiger partial charge in [-0.25, -0.2) is 0 Å². The van der Waals surface area contributed by atoms with Gasteiger partial charge < -0.3 is 24.8 Å². The Kier molecular flexibility index (Phi) is 7.29. The van der Waals surface area contributed by atoms with Gasteiger partial charge in [0.2, 0.25) is 0 Å². The lowest BCUT2D eigenvalue weighted by molar-refractivity contribution is 0.0526. The number of hydrogen-bond acceptors (Lipinski definition) is 5. The number of halogens is 2. The predicted octanol–water partition coefficient (Wildman–Crippen LogP) is 2.82. The van der Waals surface area contributed by atoms with E-state index in [1.54, 1.807) is 0 Å². The molecule has 2 N–H and O–H groups in total. The van der Waals surface area contributed by atoms with Gasteiger partial charge in [-0.05, 0) is 49.4 Å². The van der Waals surface area contributed by atoms with E-state index in [9.17, 15) is 0 Å². The monoisotopic (exact) mass is 402 g/mol. The van der Waals surface area contributed by atoms with Crippen LogP contribution in [0.1, 0.15) is 24.8 Å². The van der Waals surface area contributed by atoms with Crippen LogP contribution >= 0.6 is 24.0 Å². The Morgan fingerprint density at radius 1 is 1.15 bits per heavy atom. The number of hydrogen-bond donors (Lipinski definition) is 2. The van der Waals surface area contributed by atoms with E-state index in [4.69, 9.17) is 25.8 Å². The van der Waals surface area contributed by atoms with Gasteiger partial charge in [-0.3, -0.25) is 0 Å². The lowest BCUT2D eigenvalue weighted by Crippen LogP contribution is -2.51. The van der Waals surface area contributed by atoms with E-state index in [0.717, 1.165) is 38.5 Å². The Morgan fingerprint density at radius 3 is 2.88 bits per heavy atom. The van der Waals surface area contributed by atoms with Gasteiger partial charge in [0.1, 0.15) is 13.2 Å². The second-order valence-electron chi connectivity index (χ2n) is 7.14. The summed E-state index contributed by atoms with van der Waals surface area (Å²) in [4.78, 5) is 0. The maximum Gasteiger partial charge on any atom is 0.179 e. The molecule has 3 aliphatic rings. The topological polar surface area (TPSA) is 51.8 Å². The molecule has 0 spiro atoms. The molecule has 2 aliphatic heterocycles. The highest BCUT2D eigenvalue weighted by atomic mass is 35.5. The molecule has 7 heteroatoms. The maximum atomic E-state index is 6.33. The van der Waals surface area contributed by atoms with E-state index >= 15 is 0 Å². The zero-order chi connectivity index (χ0) is 17.1. The molecule has 1 saturated carbocycles. The van der Waals surface area contributed by atoms with Gasteiger partial charge in [-0.15, -0.1) is 12.4 Å². The first kappa shape index (κ1) is 20.0. The van der Waals surface area contributed by atoms with Crippen LogP contribution in [0.5, 0.6) is 11.5 Å². The molecular formula is C19H28Cl2N2O3. The molecule has 2 heterocycles. The SMILES string of the molecule is Cl.Clc1cc(CCNC2CCCC2C2COCCN2)cc2c1OCCO2. The Balaban J connectivity index is 0.00000196. The summed E-state index contributed by atoms with van der Waals surface area (Å²) in [6.07, 6.45) is 4.78. The van der Waals surface area contributed by atoms with Crippen LogP contribution in [0.25, 0.3) is 0 Å². The van der Waals surface area contributed by atoms with E-state index in [-0.39, 0.29) is 12.4 Å². The smallest absolute Gasteiger partial charge is 0.179 e. The van der Waals surface area contributed by atoms with Gasteiger partial charge in [-0.2, -0.15) is 0 Å². The van der Waals surface area contributed by atoms with Crippen molar-refractivity contribution in [1.29, 1.82) is 0 Å². The molecule has 1 aromatic rings. The van der Waals surface area contributed by atoms with Crippen molar-refractivity contribution in [3.63, 3.8) is 0 Å². The number of fused-ring (bicyclic) bond motifs is 1. The van der Waals surface area contributed by atoms with Crippen LogP contribution in [0.4, 0.5) is 0 Å². The second-order valence-corrected chi connectivity index (χ2v) is 7.55. The summed E-state index contributed by atoms with van der Waals surface area (Å²) in [5.41, 5.74) is 1.19. The number of rotatable bonds is 5. The summed E-state index contributed by atoms with van der Waals surface area (Å²) in [6.45, 7) is 4.77. The lowest BCUT2D eigenvalue weighted by Gasteiger charge is -2.33. The molecule has 1 saturated heterocycles. The molecule has 4 rings (SSSR count). The molecule has 0 radical (unpaired) electrons. The molecular weight excluding hydrogens is 375 g/mol. The van der Waals surface area contributed by atoms with Gasteiger partial charge in [-0.1, -0.05) is 18.0 Å². The van der Waals surface area contributed by atoms with E-state index in [2.05, 4.69) is 16.7 Å². The van der Waals surface area contributed by atoms with Crippen molar-refractivity contribution in [2.75, 3.05) is 39.5 Å². The first-order valence-electron chi connectivity index (χ1n) is 9.44. The molecule has 26 heavy (non-hydrogen) atoms. The summed E-state index contributed by atoms with van der Waals surface area (Å²) >= 11 is 6.33. The molecule has 0 bridgehead atoms. The highest BCUT2D eigenvalue weighted by molar-refractivity contribution is 6.32. The molecule has 2 fully saturated rings. The second kappa shape index (κ2) is 9.47. The number of morpholine rings is 1. The summed E-state index contributed by atoms with van der Waals surface area (Å²) < 4.78 is 16.9. The predicted molar refractivity (Wildman–Crippen MR) is 105 cm³/mol. The summed E-state index contributed by atoms with van der Waals surface area (Å²) in [7, 11) is 0. The van der Waals surface area contributed by atoms with Gasteiger partial charge in [0.25, 0.3) is 0 Å². The van der Waals surface area contributed by atoms with Crippen LogP contribution in [-0.2, 0) is 11.2 Å². The highest BCUT2D eigenvalue weighted by Crippen LogP contribution is 2.38. The standard InChI is InChI=1S/C19H27ClN2O3.ClH/c20-15-10-13(11-18-19(15)25-9-8-24-18)4-5-21-16-3-1-2-14(16)17-12-23-7-6-22-17;/h10-11,14,16-17,21-22H,1-9,12H2;1H. The van der Waals surface area contributed by atoms with E-state index in [1.807, 2.05) is 6.07 Å². The largest absolute Gasteiger partial charge is 0.486 e. The van der Waals surface area contributed by atoms with Crippen molar-refractivity contribution in [2.24, 2.45) is 5.92 Å². The van der Waals surface area contributed by atoms with Crippen LogP contribution in [-0.4, -0.2) is 51.6 Å².